The third kappa shape index (κ3) is 3.11. The Morgan fingerprint density at radius 2 is 2.10 bits per heavy atom. The van der Waals surface area contributed by atoms with Crippen LogP contribution in [0.3, 0.4) is 0 Å². The van der Waals surface area contributed by atoms with Gasteiger partial charge in [-0.1, -0.05) is 5.16 Å². The quantitative estimate of drug-likeness (QED) is 0.888. The number of carbonyl (C=O) groups is 1. The zero-order valence-corrected chi connectivity index (χ0v) is 12.9. The van der Waals surface area contributed by atoms with E-state index in [9.17, 15) is 4.79 Å². The number of aryl methyl sites for hydroxylation is 2. The molecule has 0 saturated carbocycles. The summed E-state index contributed by atoms with van der Waals surface area (Å²) in [5.41, 5.74) is 2.16. The molecular weight excluding hydrogens is 268 g/mol. The Kier molecular flexibility index (Phi) is 4.26. The van der Waals surface area contributed by atoms with Gasteiger partial charge in [-0.05, 0) is 33.2 Å². The fourth-order valence-electron chi connectivity index (χ4n) is 3.19. The Balaban J connectivity index is 1.52. The van der Waals surface area contributed by atoms with E-state index in [1.165, 1.54) is 5.56 Å². The summed E-state index contributed by atoms with van der Waals surface area (Å²) in [6.07, 6.45) is 2.10. The van der Waals surface area contributed by atoms with Gasteiger partial charge >= 0.3 is 0 Å². The Morgan fingerprint density at radius 1 is 1.33 bits per heavy atom. The van der Waals surface area contributed by atoms with Crippen LogP contribution in [-0.2, 0) is 11.3 Å². The Hall–Kier alpha value is -1.40. The lowest BCUT2D eigenvalue weighted by Gasteiger charge is -2.35. The first-order chi connectivity index (χ1) is 10.1. The number of amides is 1. The summed E-state index contributed by atoms with van der Waals surface area (Å²) in [6.45, 7) is 9.26. The van der Waals surface area contributed by atoms with E-state index in [4.69, 9.17) is 4.52 Å². The second kappa shape index (κ2) is 6.15. The summed E-state index contributed by atoms with van der Waals surface area (Å²) < 4.78 is 5.21. The summed E-state index contributed by atoms with van der Waals surface area (Å²) in [5.74, 6) is 1.19. The Morgan fingerprint density at radius 3 is 2.67 bits per heavy atom. The van der Waals surface area contributed by atoms with Crippen LogP contribution >= 0.6 is 0 Å². The Labute approximate surface area is 125 Å². The molecule has 1 N–H and O–H groups in total. The van der Waals surface area contributed by atoms with E-state index < -0.39 is 0 Å². The topological polar surface area (TPSA) is 61.6 Å². The smallest absolute Gasteiger partial charge is 0.239 e. The van der Waals surface area contributed by atoms with Crippen molar-refractivity contribution in [2.75, 3.05) is 32.7 Å². The van der Waals surface area contributed by atoms with E-state index in [2.05, 4.69) is 15.4 Å². The lowest BCUT2D eigenvalue weighted by molar-refractivity contribution is -0.134. The fourth-order valence-corrected chi connectivity index (χ4v) is 3.19. The molecule has 116 valence electrons. The first-order valence-corrected chi connectivity index (χ1v) is 7.81. The molecular formula is C15H24N4O2. The van der Waals surface area contributed by atoms with E-state index >= 15 is 0 Å². The molecule has 0 spiro atoms. The van der Waals surface area contributed by atoms with Crippen molar-refractivity contribution in [3.63, 3.8) is 0 Å². The van der Waals surface area contributed by atoms with Crippen molar-refractivity contribution < 1.29 is 9.32 Å². The number of hydrogen-bond acceptors (Lipinski definition) is 5. The SMILES string of the molecule is Cc1noc(C)c1CN1CCN(C(=O)[C@@H]2CCCN2)CC1. The molecule has 1 aromatic rings. The number of piperazine rings is 1. The maximum absolute atomic E-state index is 12.4. The number of carbonyl (C=O) groups excluding carboxylic acids is 1. The van der Waals surface area contributed by atoms with Gasteiger partial charge in [-0.3, -0.25) is 9.69 Å². The lowest BCUT2D eigenvalue weighted by Crippen LogP contribution is -2.52. The predicted molar refractivity (Wildman–Crippen MR) is 78.9 cm³/mol. The fraction of sp³-hybridized carbons (Fsp3) is 0.733. The van der Waals surface area contributed by atoms with Crippen LogP contribution in [-0.4, -0.2) is 59.6 Å². The predicted octanol–water partition coefficient (Wildman–Crippen LogP) is 0.688. The van der Waals surface area contributed by atoms with Gasteiger partial charge in [0, 0.05) is 38.3 Å². The van der Waals surface area contributed by atoms with Crippen molar-refractivity contribution in [1.82, 2.24) is 20.3 Å². The van der Waals surface area contributed by atoms with Crippen molar-refractivity contribution in [2.24, 2.45) is 0 Å². The number of hydrogen-bond donors (Lipinski definition) is 1. The largest absolute Gasteiger partial charge is 0.361 e. The van der Waals surface area contributed by atoms with Crippen LogP contribution < -0.4 is 5.32 Å². The molecule has 6 nitrogen and oxygen atoms in total. The van der Waals surface area contributed by atoms with Gasteiger partial charge in [0.1, 0.15) is 5.76 Å². The molecule has 1 amide bonds. The zero-order valence-electron chi connectivity index (χ0n) is 12.9. The summed E-state index contributed by atoms with van der Waals surface area (Å²) in [7, 11) is 0. The summed E-state index contributed by atoms with van der Waals surface area (Å²) in [5, 5.41) is 7.29. The molecule has 2 fully saturated rings. The van der Waals surface area contributed by atoms with Crippen LogP contribution in [0, 0.1) is 13.8 Å². The van der Waals surface area contributed by atoms with E-state index in [1.54, 1.807) is 0 Å². The molecule has 0 radical (unpaired) electrons. The van der Waals surface area contributed by atoms with E-state index in [1.807, 2.05) is 18.7 Å². The lowest BCUT2D eigenvalue weighted by atomic mass is 10.1. The van der Waals surface area contributed by atoms with Gasteiger partial charge < -0.3 is 14.7 Å². The Bertz CT molecular complexity index is 480. The molecule has 2 saturated heterocycles. The van der Waals surface area contributed by atoms with Gasteiger partial charge in [-0.2, -0.15) is 0 Å². The number of nitrogens with one attached hydrogen (secondary N) is 1. The molecule has 21 heavy (non-hydrogen) atoms. The van der Waals surface area contributed by atoms with Crippen LogP contribution in [0.5, 0.6) is 0 Å². The van der Waals surface area contributed by atoms with Crippen LogP contribution in [0.25, 0.3) is 0 Å². The highest BCUT2D eigenvalue weighted by Gasteiger charge is 2.29. The van der Waals surface area contributed by atoms with Crippen LogP contribution in [0.15, 0.2) is 4.52 Å². The van der Waals surface area contributed by atoms with Gasteiger partial charge in [0.05, 0.1) is 11.7 Å². The van der Waals surface area contributed by atoms with Gasteiger partial charge in [0.25, 0.3) is 0 Å². The van der Waals surface area contributed by atoms with Crippen LogP contribution in [0.2, 0.25) is 0 Å². The minimum absolute atomic E-state index is 0.0547. The molecule has 0 unspecified atom stereocenters. The van der Waals surface area contributed by atoms with Crippen molar-refractivity contribution in [1.29, 1.82) is 0 Å². The number of rotatable bonds is 3. The van der Waals surface area contributed by atoms with Crippen LogP contribution in [0.4, 0.5) is 0 Å². The average Bonchev–Trinajstić information content (AvgIpc) is 3.13. The van der Waals surface area contributed by atoms with Crippen molar-refractivity contribution in [2.45, 2.75) is 39.3 Å². The maximum atomic E-state index is 12.4. The second-order valence-electron chi connectivity index (χ2n) is 6.05. The summed E-state index contributed by atoms with van der Waals surface area (Å²) in [6, 6.07) is 0.0547. The number of aromatic nitrogens is 1. The van der Waals surface area contributed by atoms with E-state index in [0.717, 1.165) is 63.6 Å². The second-order valence-corrected chi connectivity index (χ2v) is 6.05. The molecule has 0 bridgehead atoms. The average molecular weight is 292 g/mol. The normalized spacial score (nSPS) is 23.7. The summed E-state index contributed by atoms with van der Waals surface area (Å²) in [4.78, 5) is 16.7. The highest BCUT2D eigenvalue weighted by Crippen LogP contribution is 2.17. The molecule has 0 aromatic carbocycles. The highest BCUT2D eigenvalue weighted by molar-refractivity contribution is 5.82. The molecule has 1 aromatic heterocycles. The minimum Gasteiger partial charge on any atom is -0.361 e. The molecule has 0 aliphatic carbocycles. The standard InChI is InChI=1S/C15H24N4O2/c1-11-13(12(2)21-17-11)10-18-6-8-19(9-7-18)15(20)14-4-3-5-16-14/h14,16H,3-10H2,1-2H3/t14-/m0/s1. The van der Waals surface area contributed by atoms with Crippen molar-refractivity contribution in [3.8, 4) is 0 Å². The molecule has 3 heterocycles. The molecule has 1 atom stereocenters. The minimum atomic E-state index is 0.0547. The zero-order chi connectivity index (χ0) is 14.8. The maximum Gasteiger partial charge on any atom is 0.239 e. The third-order valence-electron chi connectivity index (χ3n) is 4.61. The third-order valence-corrected chi connectivity index (χ3v) is 4.61. The van der Waals surface area contributed by atoms with Gasteiger partial charge in [0.2, 0.25) is 5.91 Å². The first-order valence-electron chi connectivity index (χ1n) is 7.81. The van der Waals surface area contributed by atoms with E-state index in [-0.39, 0.29) is 11.9 Å². The van der Waals surface area contributed by atoms with E-state index in [0.29, 0.717) is 0 Å². The van der Waals surface area contributed by atoms with Gasteiger partial charge in [-0.15, -0.1) is 0 Å². The molecule has 3 rings (SSSR count). The van der Waals surface area contributed by atoms with Crippen molar-refractivity contribution in [3.05, 3.63) is 17.0 Å². The number of nitrogens with zero attached hydrogens (tertiary/aromatic N) is 3. The van der Waals surface area contributed by atoms with Gasteiger partial charge in [0.15, 0.2) is 0 Å². The highest BCUT2D eigenvalue weighted by atomic mass is 16.5. The summed E-state index contributed by atoms with van der Waals surface area (Å²) >= 11 is 0. The molecule has 2 aliphatic rings. The monoisotopic (exact) mass is 292 g/mol. The van der Waals surface area contributed by atoms with Crippen LogP contribution in [0.1, 0.15) is 29.9 Å². The van der Waals surface area contributed by atoms with Gasteiger partial charge in [-0.25, -0.2) is 0 Å². The molecule has 2 aliphatic heterocycles. The molecule has 6 heteroatoms. The first kappa shape index (κ1) is 14.5. The van der Waals surface area contributed by atoms with Crippen molar-refractivity contribution >= 4 is 5.91 Å².